The lowest BCUT2D eigenvalue weighted by molar-refractivity contribution is -0.137. The molecule has 0 aliphatic carbocycles. The van der Waals surface area contributed by atoms with Crippen LogP contribution in [0.3, 0.4) is 0 Å². The van der Waals surface area contributed by atoms with Crippen LogP contribution in [0.5, 0.6) is 0 Å². The lowest BCUT2D eigenvalue weighted by Crippen LogP contribution is -2.09. The van der Waals surface area contributed by atoms with E-state index >= 15 is 0 Å². The number of aliphatic hydroxyl groups is 1. The fraction of sp³-hybridized carbons (Fsp3) is 0.200. The molecule has 21 heavy (non-hydrogen) atoms. The third-order valence-electron chi connectivity index (χ3n) is 3.15. The molecule has 1 nitrogen and oxygen atoms in total. The van der Waals surface area contributed by atoms with E-state index in [0.29, 0.717) is 0 Å². The van der Waals surface area contributed by atoms with Gasteiger partial charge in [0.2, 0.25) is 0 Å². The maximum absolute atomic E-state index is 13.9. The van der Waals surface area contributed by atoms with Gasteiger partial charge in [0.05, 0.1) is 11.1 Å². The zero-order valence-corrected chi connectivity index (χ0v) is 10.9. The van der Waals surface area contributed by atoms with Crippen molar-refractivity contribution in [3.8, 4) is 0 Å². The average Bonchev–Trinajstić information content (AvgIpc) is 2.42. The molecule has 0 saturated carbocycles. The number of halogens is 5. The van der Waals surface area contributed by atoms with Crippen LogP contribution in [-0.2, 0) is 6.18 Å². The molecule has 6 heteroatoms. The predicted molar refractivity (Wildman–Crippen MR) is 66.6 cm³/mol. The first-order valence-electron chi connectivity index (χ1n) is 6.01. The highest BCUT2D eigenvalue weighted by Crippen LogP contribution is 2.32. The standard InChI is InChI=1S/C15H11F5O/c1-8-2-7-11(16)12(13(8)17)14(21)9-3-5-10(6-4-9)15(18,19)20/h2-7,14,21H,1H3. The van der Waals surface area contributed by atoms with Crippen LogP contribution in [0.15, 0.2) is 36.4 Å². The summed E-state index contributed by atoms with van der Waals surface area (Å²) in [5.41, 5.74) is -1.36. The average molecular weight is 302 g/mol. The van der Waals surface area contributed by atoms with Crippen LogP contribution >= 0.6 is 0 Å². The summed E-state index contributed by atoms with van der Waals surface area (Å²) in [5.74, 6) is -1.87. The third-order valence-corrected chi connectivity index (χ3v) is 3.15. The molecule has 0 spiro atoms. The molecular weight excluding hydrogens is 291 g/mol. The first-order valence-corrected chi connectivity index (χ1v) is 6.01. The number of hydrogen-bond donors (Lipinski definition) is 1. The van der Waals surface area contributed by atoms with E-state index in [4.69, 9.17) is 0 Å². The second kappa shape index (κ2) is 5.44. The van der Waals surface area contributed by atoms with E-state index in [1.807, 2.05) is 0 Å². The van der Waals surface area contributed by atoms with Crippen molar-refractivity contribution >= 4 is 0 Å². The van der Waals surface area contributed by atoms with Crippen LogP contribution in [0.1, 0.15) is 28.4 Å². The van der Waals surface area contributed by atoms with Crippen molar-refractivity contribution in [3.05, 3.63) is 70.3 Å². The van der Waals surface area contributed by atoms with E-state index in [1.165, 1.54) is 13.0 Å². The predicted octanol–water partition coefficient (Wildman–Crippen LogP) is 4.37. The molecule has 2 aromatic carbocycles. The minimum Gasteiger partial charge on any atom is -0.383 e. The Kier molecular flexibility index (Phi) is 4.00. The van der Waals surface area contributed by atoms with Gasteiger partial charge in [-0.1, -0.05) is 18.2 Å². The van der Waals surface area contributed by atoms with E-state index in [1.54, 1.807) is 0 Å². The summed E-state index contributed by atoms with van der Waals surface area (Å²) in [5, 5.41) is 10.0. The van der Waals surface area contributed by atoms with Gasteiger partial charge in [0, 0.05) is 0 Å². The van der Waals surface area contributed by atoms with Crippen LogP contribution in [0.4, 0.5) is 22.0 Å². The Hall–Kier alpha value is -1.95. The highest BCUT2D eigenvalue weighted by Gasteiger charge is 2.30. The molecule has 2 rings (SSSR count). The first-order chi connectivity index (χ1) is 9.71. The Bertz CT molecular complexity index is 646. The molecule has 0 saturated heterocycles. The van der Waals surface area contributed by atoms with Crippen molar-refractivity contribution < 1.29 is 27.1 Å². The minimum atomic E-state index is -4.51. The van der Waals surface area contributed by atoms with E-state index in [-0.39, 0.29) is 11.1 Å². The molecule has 0 radical (unpaired) electrons. The molecule has 0 heterocycles. The number of hydrogen-bond acceptors (Lipinski definition) is 1. The van der Waals surface area contributed by atoms with E-state index in [0.717, 1.165) is 30.3 Å². The normalized spacial score (nSPS) is 13.3. The highest BCUT2D eigenvalue weighted by atomic mass is 19.4. The van der Waals surface area contributed by atoms with Crippen molar-refractivity contribution in [1.82, 2.24) is 0 Å². The molecule has 1 atom stereocenters. The summed E-state index contributed by atoms with van der Waals surface area (Å²) in [7, 11) is 0. The molecule has 0 aliphatic heterocycles. The molecule has 0 aliphatic rings. The quantitative estimate of drug-likeness (QED) is 0.817. The van der Waals surface area contributed by atoms with Gasteiger partial charge >= 0.3 is 6.18 Å². The Balaban J connectivity index is 2.41. The number of benzene rings is 2. The van der Waals surface area contributed by atoms with Gasteiger partial charge in [0.1, 0.15) is 17.7 Å². The SMILES string of the molecule is Cc1ccc(F)c(C(O)c2ccc(C(F)(F)F)cc2)c1F. The highest BCUT2D eigenvalue weighted by molar-refractivity contribution is 5.36. The topological polar surface area (TPSA) is 20.2 Å². The summed E-state index contributed by atoms with van der Waals surface area (Å²) in [6, 6.07) is 5.71. The summed E-state index contributed by atoms with van der Waals surface area (Å²) in [4.78, 5) is 0. The molecule has 0 aromatic heterocycles. The Morgan fingerprint density at radius 3 is 2.05 bits per heavy atom. The molecule has 112 valence electrons. The second-order valence-electron chi connectivity index (χ2n) is 4.61. The summed E-state index contributed by atoms with van der Waals surface area (Å²) in [6.45, 7) is 1.40. The molecule has 1 N–H and O–H groups in total. The van der Waals surface area contributed by atoms with Crippen molar-refractivity contribution in [2.75, 3.05) is 0 Å². The molecule has 2 aromatic rings. The van der Waals surface area contributed by atoms with Crippen LogP contribution in [0.25, 0.3) is 0 Å². The first kappa shape index (κ1) is 15.4. The summed E-state index contributed by atoms with van der Waals surface area (Å²) < 4.78 is 64.9. The number of rotatable bonds is 2. The lowest BCUT2D eigenvalue weighted by atomic mass is 9.97. The van der Waals surface area contributed by atoms with Crippen LogP contribution < -0.4 is 0 Å². The maximum atomic E-state index is 13.9. The third kappa shape index (κ3) is 3.05. The minimum absolute atomic E-state index is 0.0219. The smallest absolute Gasteiger partial charge is 0.383 e. The van der Waals surface area contributed by atoms with Crippen LogP contribution in [-0.4, -0.2) is 5.11 Å². The Labute approximate surface area is 117 Å². The lowest BCUT2D eigenvalue weighted by Gasteiger charge is -2.15. The molecule has 1 unspecified atom stereocenters. The van der Waals surface area contributed by atoms with Gasteiger partial charge < -0.3 is 5.11 Å². The number of alkyl halides is 3. The van der Waals surface area contributed by atoms with Gasteiger partial charge in [-0.25, -0.2) is 8.78 Å². The van der Waals surface area contributed by atoms with Gasteiger partial charge in [0.15, 0.2) is 0 Å². The zero-order chi connectivity index (χ0) is 15.8. The van der Waals surface area contributed by atoms with Crippen molar-refractivity contribution in [3.63, 3.8) is 0 Å². The van der Waals surface area contributed by atoms with Gasteiger partial charge in [-0.2, -0.15) is 13.2 Å². The van der Waals surface area contributed by atoms with Gasteiger partial charge in [-0.3, -0.25) is 0 Å². The molecule has 0 amide bonds. The van der Waals surface area contributed by atoms with Crippen molar-refractivity contribution in [1.29, 1.82) is 0 Å². The van der Waals surface area contributed by atoms with Gasteiger partial charge in [0.25, 0.3) is 0 Å². The summed E-state index contributed by atoms with van der Waals surface area (Å²) >= 11 is 0. The zero-order valence-electron chi connectivity index (χ0n) is 10.9. The molecular formula is C15H11F5O. The van der Waals surface area contributed by atoms with Crippen LogP contribution in [0.2, 0.25) is 0 Å². The Morgan fingerprint density at radius 2 is 1.52 bits per heavy atom. The number of aryl methyl sites for hydroxylation is 1. The molecule has 0 bridgehead atoms. The van der Waals surface area contributed by atoms with Crippen LogP contribution in [0, 0.1) is 18.6 Å². The van der Waals surface area contributed by atoms with E-state index < -0.39 is 35.0 Å². The fourth-order valence-electron chi connectivity index (χ4n) is 1.95. The maximum Gasteiger partial charge on any atom is 0.416 e. The van der Waals surface area contributed by atoms with E-state index in [9.17, 15) is 27.1 Å². The van der Waals surface area contributed by atoms with Gasteiger partial charge in [-0.05, 0) is 36.2 Å². The van der Waals surface area contributed by atoms with Gasteiger partial charge in [-0.15, -0.1) is 0 Å². The largest absolute Gasteiger partial charge is 0.416 e. The number of aliphatic hydroxyl groups excluding tert-OH is 1. The van der Waals surface area contributed by atoms with E-state index in [2.05, 4.69) is 0 Å². The van der Waals surface area contributed by atoms with Crippen molar-refractivity contribution in [2.45, 2.75) is 19.2 Å². The molecule has 0 fully saturated rings. The monoisotopic (exact) mass is 302 g/mol. The van der Waals surface area contributed by atoms with Crippen molar-refractivity contribution in [2.24, 2.45) is 0 Å². The fourth-order valence-corrected chi connectivity index (χ4v) is 1.95. The second-order valence-corrected chi connectivity index (χ2v) is 4.61. The Morgan fingerprint density at radius 1 is 0.952 bits per heavy atom. The summed E-state index contributed by atoms with van der Waals surface area (Å²) in [6.07, 6.45) is -6.18.